The standard InChI is InChI=1S/C6H6.C2H5B3/c1-2-4-6-5-3-1;1-4-2-5-3/h1-6H;2H2,1H3. The SMILES string of the molecule is [B][B]C[B]C.c1ccccc1. The first-order valence-corrected chi connectivity index (χ1v) is 3.73. The van der Waals surface area contributed by atoms with Crippen LogP contribution in [0.25, 0.3) is 0 Å². The van der Waals surface area contributed by atoms with E-state index in [1.807, 2.05) is 50.5 Å². The minimum atomic E-state index is 0.917. The van der Waals surface area contributed by atoms with Gasteiger partial charge in [0.15, 0.2) is 0 Å². The Bertz CT molecular complexity index is 113. The lowest BCUT2D eigenvalue weighted by Crippen LogP contribution is -1.90. The summed E-state index contributed by atoms with van der Waals surface area (Å²) in [5, 5.41) is 0. The molecule has 0 spiro atoms. The molecule has 0 aromatic heterocycles. The van der Waals surface area contributed by atoms with Crippen LogP contribution in [-0.4, -0.2) is 22.2 Å². The lowest BCUT2D eigenvalue weighted by Gasteiger charge is -1.74. The molecule has 0 bridgehead atoms. The molecule has 0 aliphatic heterocycles. The van der Waals surface area contributed by atoms with Crippen LogP contribution < -0.4 is 0 Å². The Hall–Kier alpha value is -0.585. The van der Waals surface area contributed by atoms with Crippen molar-refractivity contribution >= 4 is 22.2 Å². The summed E-state index contributed by atoms with van der Waals surface area (Å²) in [5.41, 5.74) is 0. The number of rotatable bonds is 2. The monoisotopic (exact) mass is 140 g/mol. The van der Waals surface area contributed by atoms with Crippen LogP contribution in [0.15, 0.2) is 36.4 Å². The summed E-state index contributed by atoms with van der Waals surface area (Å²) >= 11 is 0. The van der Waals surface area contributed by atoms with Gasteiger partial charge in [0.05, 0.1) is 7.28 Å². The Morgan fingerprint density at radius 2 is 1.36 bits per heavy atom. The average molecular weight is 140 g/mol. The maximum atomic E-state index is 4.98. The van der Waals surface area contributed by atoms with Gasteiger partial charge < -0.3 is 0 Å². The van der Waals surface area contributed by atoms with Crippen LogP contribution in [0.5, 0.6) is 0 Å². The second-order valence-electron chi connectivity index (χ2n) is 2.03. The lowest BCUT2D eigenvalue weighted by atomic mass is 9.44. The van der Waals surface area contributed by atoms with Crippen molar-refractivity contribution in [3.63, 3.8) is 0 Å². The fourth-order valence-corrected chi connectivity index (χ4v) is 0.521. The third kappa shape index (κ3) is 9.41. The fraction of sp³-hybridized carbons (Fsp3) is 0.250. The number of hydrogen-bond acceptors (Lipinski definition) is 0. The fourth-order valence-electron chi connectivity index (χ4n) is 0.521. The smallest absolute Gasteiger partial charge is 0.0958 e. The zero-order valence-electron chi connectivity index (χ0n) is 6.90. The number of benzene rings is 1. The summed E-state index contributed by atoms with van der Waals surface area (Å²) in [6.45, 7) is 1.98. The normalized spacial score (nSPS) is 7.36. The largest absolute Gasteiger partial charge is 0.115 e. The van der Waals surface area contributed by atoms with Gasteiger partial charge in [-0.25, -0.2) is 0 Å². The molecule has 0 unspecified atom stereocenters. The van der Waals surface area contributed by atoms with E-state index in [4.69, 9.17) is 7.74 Å². The van der Waals surface area contributed by atoms with Crippen molar-refractivity contribution in [1.29, 1.82) is 0 Å². The molecule has 0 N–H and O–H groups in total. The molecular formula is C8H11B3. The van der Waals surface area contributed by atoms with E-state index in [-0.39, 0.29) is 0 Å². The summed E-state index contributed by atoms with van der Waals surface area (Å²) in [6, 6.07) is 12.0. The van der Waals surface area contributed by atoms with Gasteiger partial charge in [0.2, 0.25) is 0 Å². The van der Waals surface area contributed by atoms with Crippen molar-refractivity contribution in [2.75, 3.05) is 0 Å². The molecule has 11 heavy (non-hydrogen) atoms. The minimum absolute atomic E-state index is 0.917. The van der Waals surface area contributed by atoms with E-state index in [2.05, 4.69) is 0 Å². The highest BCUT2D eigenvalue weighted by atomic mass is 13.6. The predicted octanol–water partition coefficient (Wildman–Crippen LogP) is 1.59. The van der Waals surface area contributed by atoms with E-state index in [9.17, 15) is 0 Å². The predicted molar refractivity (Wildman–Crippen MR) is 54.4 cm³/mol. The third-order valence-electron chi connectivity index (χ3n) is 1.04. The molecule has 0 aliphatic carbocycles. The van der Waals surface area contributed by atoms with E-state index < -0.39 is 0 Å². The van der Waals surface area contributed by atoms with Crippen LogP contribution >= 0.6 is 0 Å². The van der Waals surface area contributed by atoms with Crippen molar-refractivity contribution in [3.05, 3.63) is 36.4 Å². The first-order chi connectivity index (χ1) is 5.41. The molecule has 0 atom stereocenters. The maximum Gasteiger partial charge on any atom is 0.0958 e. The van der Waals surface area contributed by atoms with Crippen LogP contribution in [0.2, 0.25) is 13.0 Å². The van der Waals surface area contributed by atoms with Crippen molar-refractivity contribution in [2.24, 2.45) is 0 Å². The van der Waals surface area contributed by atoms with Gasteiger partial charge in [-0.3, -0.25) is 0 Å². The Balaban J connectivity index is 0.000000187. The van der Waals surface area contributed by atoms with Crippen LogP contribution in [-0.2, 0) is 0 Å². The molecule has 1 aromatic carbocycles. The second kappa shape index (κ2) is 9.41. The van der Waals surface area contributed by atoms with E-state index in [0.29, 0.717) is 0 Å². The molecule has 0 aliphatic rings. The molecule has 52 valence electrons. The summed E-state index contributed by atoms with van der Waals surface area (Å²) in [7, 11) is 8.61. The van der Waals surface area contributed by atoms with Gasteiger partial charge >= 0.3 is 0 Å². The maximum absolute atomic E-state index is 4.98. The quantitative estimate of drug-likeness (QED) is 0.546. The molecule has 1 rings (SSSR count). The zero-order chi connectivity index (χ0) is 8.36. The van der Waals surface area contributed by atoms with E-state index in [1.54, 1.807) is 7.17 Å². The Morgan fingerprint density at radius 1 is 1.00 bits per heavy atom. The molecular weight excluding hydrogens is 129 g/mol. The van der Waals surface area contributed by atoms with E-state index >= 15 is 0 Å². The second-order valence-corrected chi connectivity index (χ2v) is 2.03. The van der Waals surface area contributed by atoms with E-state index in [0.717, 1.165) is 6.22 Å². The van der Waals surface area contributed by atoms with Crippen LogP contribution in [0, 0.1) is 0 Å². The molecule has 1 aromatic rings. The molecule has 0 amide bonds. The van der Waals surface area contributed by atoms with Crippen LogP contribution in [0.3, 0.4) is 0 Å². The first-order valence-electron chi connectivity index (χ1n) is 3.73. The molecule has 3 heteroatoms. The van der Waals surface area contributed by atoms with Gasteiger partial charge in [-0.1, -0.05) is 43.2 Å². The molecule has 0 saturated carbocycles. The average Bonchev–Trinajstić information content (AvgIpc) is 2.10. The van der Waals surface area contributed by atoms with Gasteiger partial charge in [0.25, 0.3) is 0 Å². The van der Waals surface area contributed by atoms with Crippen molar-refractivity contribution in [1.82, 2.24) is 0 Å². The van der Waals surface area contributed by atoms with Gasteiger partial charge in [0, 0.05) is 14.9 Å². The Labute approximate surface area is 72.3 Å². The van der Waals surface area contributed by atoms with Gasteiger partial charge in [0.1, 0.15) is 0 Å². The highest BCUT2D eigenvalue weighted by Crippen LogP contribution is 1.79. The first kappa shape index (κ1) is 10.4. The minimum Gasteiger partial charge on any atom is -0.115 e. The van der Waals surface area contributed by atoms with Gasteiger partial charge in [-0.2, -0.15) is 0 Å². The molecule has 0 fully saturated rings. The molecule has 0 nitrogen and oxygen atoms in total. The van der Waals surface area contributed by atoms with Crippen molar-refractivity contribution < 1.29 is 0 Å². The van der Waals surface area contributed by atoms with Crippen LogP contribution in [0.4, 0.5) is 0 Å². The summed E-state index contributed by atoms with van der Waals surface area (Å²) < 4.78 is 0. The Kier molecular flexibility index (Phi) is 8.91. The zero-order valence-corrected chi connectivity index (χ0v) is 6.90. The topological polar surface area (TPSA) is 0 Å². The van der Waals surface area contributed by atoms with Crippen molar-refractivity contribution in [3.8, 4) is 0 Å². The highest BCUT2D eigenvalue weighted by molar-refractivity contribution is 6.93. The van der Waals surface area contributed by atoms with E-state index in [1.165, 1.54) is 0 Å². The van der Waals surface area contributed by atoms with Crippen LogP contribution in [0.1, 0.15) is 0 Å². The lowest BCUT2D eigenvalue weighted by molar-refractivity contribution is 1.72. The summed E-state index contributed by atoms with van der Waals surface area (Å²) in [4.78, 5) is 0. The Morgan fingerprint density at radius 3 is 1.45 bits per heavy atom. The van der Waals surface area contributed by atoms with Gasteiger partial charge in [-0.05, 0) is 0 Å². The molecule has 0 saturated heterocycles. The highest BCUT2D eigenvalue weighted by Gasteiger charge is 1.73. The summed E-state index contributed by atoms with van der Waals surface area (Å²) in [6.07, 6.45) is 0.917. The summed E-state index contributed by atoms with van der Waals surface area (Å²) in [5.74, 6) is 0. The number of hydrogen-bond donors (Lipinski definition) is 0. The third-order valence-corrected chi connectivity index (χ3v) is 1.04. The molecule has 4 radical (unpaired) electrons. The van der Waals surface area contributed by atoms with Crippen molar-refractivity contribution in [2.45, 2.75) is 13.0 Å². The molecule has 0 heterocycles. The van der Waals surface area contributed by atoms with Gasteiger partial charge in [-0.15, -0.1) is 6.22 Å².